The largest absolute Gasteiger partial charge is 0.380 e. The minimum atomic E-state index is 0. The van der Waals surface area contributed by atoms with Crippen molar-refractivity contribution in [3.8, 4) is 0 Å². The van der Waals surface area contributed by atoms with Crippen molar-refractivity contribution in [1.82, 2.24) is 10.6 Å². The lowest BCUT2D eigenvalue weighted by Crippen LogP contribution is -2.38. The molecule has 0 aliphatic carbocycles. The maximum Gasteiger partial charge on any atom is 0.192 e. The van der Waals surface area contributed by atoms with Crippen molar-refractivity contribution in [3.05, 3.63) is 65.2 Å². The molecule has 0 bridgehead atoms. The van der Waals surface area contributed by atoms with Crippen molar-refractivity contribution in [2.75, 3.05) is 31.6 Å². The molecule has 30 heavy (non-hydrogen) atoms. The zero-order valence-electron chi connectivity index (χ0n) is 18.4. The third-order valence-electron chi connectivity index (χ3n) is 5.26. The number of methoxy groups -OCH3 is 1. The Morgan fingerprint density at radius 2 is 1.83 bits per heavy atom. The van der Waals surface area contributed by atoms with Gasteiger partial charge in [0, 0.05) is 32.4 Å². The first kappa shape index (κ1) is 24.5. The SMILES string of the molecule is CCNC(=NCc1cccc(COC)c1)NC(C)c1cccc(N2CCCC2)c1.I. The van der Waals surface area contributed by atoms with Gasteiger partial charge in [0.1, 0.15) is 0 Å². The third kappa shape index (κ3) is 7.16. The first-order chi connectivity index (χ1) is 14.2. The molecule has 2 aromatic carbocycles. The van der Waals surface area contributed by atoms with Gasteiger partial charge in [0.25, 0.3) is 0 Å². The van der Waals surface area contributed by atoms with E-state index in [-0.39, 0.29) is 30.0 Å². The van der Waals surface area contributed by atoms with Gasteiger partial charge in [0.05, 0.1) is 19.2 Å². The highest BCUT2D eigenvalue weighted by molar-refractivity contribution is 14.0. The standard InChI is InChI=1S/C24H34N4O.HI/c1-4-25-24(26-17-20-9-7-10-21(15-20)18-29-3)27-19(2)22-11-8-12-23(16-22)28-13-5-6-14-28;/h7-12,15-16,19H,4-6,13-14,17-18H2,1-3H3,(H2,25,26,27);1H. The van der Waals surface area contributed by atoms with Crippen LogP contribution < -0.4 is 15.5 Å². The Morgan fingerprint density at radius 3 is 2.57 bits per heavy atom. The van der Waals surface area contributed by atoms with Crippen LogP contribution in [-0.2, 0) is 17.9 Å². The number of hydrogen-bond acceptors (Lipinski definition) is 3. The molecule has 2 aromatic rings. The Labute approximate surface area is 198 Å². The molecular weight excluding hydrogens is 487 g/mol. The fraction of sp³-hybridized carbons (Fsp3) is 0.458. The Balaban J connectivity index is 0.00000320. The second-order valence-corrected chi connectivity index (χ2v) is 7.60. The number of anilines is 1. The first-order valence-corrected chi connectivity index (χ1v) is 10.7. The lowest BCUT2D eigenvalue weighted by Gasteiger charge is -2.22. The lowest BCUT2D eigenvalue weighted by atomic mass is 10.1. The minimum Gasteiger partial charge on any atom is -0.380 e. The highest BCUT2D eigenvalue weighted by atomic mass is 127. The van der Waals surface area contributed by atoms with E-state index in [2.05, 4.69) is 77.9 Å². The number of hydrogen-bond donors (Lipinski definition) is 2. The molecule has 1 unspecified atom stereocenters. The molecule has 2 N–H and O–H groups in total. The van der Waals surface area contributed by atoms with Crippen LogP contribution in [0.3, 0.4) is 0 Å². The Kier molecular flexibility index (Phi) is 10.4. The summed E-state index contributed by atoms with van der Waals surface area (Å²) in [7, 11) is 1.72. The Hall–Kier alpha value is -1.80. The summed E-state index contributed by atoms with van der Waals surface area (Å²) in [6.45, 7) is 8.70. The minimum absolute atomic E-state index is 0. The molecule has 0 amide bonds. The molecule has 1 heterocycles. The zero-order valence-corrected chi connectivity index (χ0v) is 20.7. The van der Waals surface area contributed by atoms with Crippen molar-refractivity contribution >= 4 is 35.6 Å². The summed E-state index contributed by atoms with van der Waals surface area (Å²) in [5, 5.41) is 6.92. The number of benzene rings is 2. The molecule has 1 atom stereocenters. The van der Waals surface area contributed by atoms with E-state index in [4.69, 9.17) is 9.73 Å². The number of nitrogens with one attached hydrogen (secondary N) is 2. The molecule has 0 saturated carbocycles. The van der Waals surface area contributed by atoms with E-state index in [9.17, 15) is 0 Å². The molecule has 6 heteroatoms. The highest BCUT2D eigenvalue weighted by Gasteiger charge is 2.14. The van der Waals surface area contributed by atoms with Gasteiger partial charge in [0.15, 0.2) is 5.96 Å². The van der Waals surface area contributed by atoms with Crippen LogP contribution >= 0.6 is 24.0 Å². The Morgan fingerprint density at radius 1 is 1.10 bits per heavy atom. The number of halogens is 1. The molecule has 1 fully saturated rings. The van der Waals surface area contributed by atoms with Gasteiger partial charge >= 0.3 is 0 Å². The van der Waals surface area contributed by atoms with Crippen LogP contribution in [0.15, 0.2) is 53.5 Å². The van der Waals surface area contributed by atoms with Gasteiger partial charge in [-0.25, -0.2) is 4.99 Å². The normalized spacial score (nSPS) is 14.9. The van der Waals surface area contributed by atoms with E-state index in [0.29, 0.717) is 13.2 Å². The summed E-state index contributed by atoms with van der Waals surface area (Å²) in [6, 6.07) is 17.4. The summed E-state index contributed by atoms with van der Waals surface area (Å²) in [5.74, 6) is 0.837. The van der Waals surface area contributed by atoms with E-state index in [1.54, 1.807) is 7.11 Å². The quantitative estimate of drug-likeness (QED) is 0.295. The number of guanidine groups is 1. The van der Waals surface area contributed by atoms with Gasteiger partial charge in [-0.05, 0) is 55.5 Å². The molecule has 164 valence electrons. The van der Waals surface area contributed by atoms with Gasteiger partial charge in [-0.2, -0.15) is 0 Å². The second kappa shape index (κ2) is 12.8. The molecule has 5 nitrogen and oxygen atoms in total. The van der Waals surface area contributed by atoms with Crippen molar-refractivity contribution in [1.29, 1.82) is 0 Å². The molecule has 1 aliphatic rings. The predicted molar refractivity (Wildman–Crippen MR) is 137 cm³/mol. The van der Waals surface area contributed by atoms with Crippen molar-refractivity contribution in [2.45, 2.75) is 45.9 Å². The van der Waals surface area contributed by atoms with Gasteiger partial charge in [-0.15, -0.1) is 24.0 Å². The summed E-state index contributed by atoms with van der Waals surface area (Å²) in [4.78, 5) is 7.27. The molecule has 0 aromatic heterocycles. The van der Waals surface area contributed by atoms with Gasteiger partial charge in [-0.3, -0.25) is 0 Å². The molecule has 0 radical (unpaired) electrons. The fourth-order valence-corrected chi connectivity index (χ4v) is 3.73. The summed E-state index contributed by atoms with van der Waals surface area (Å²) in [6.07, 6.45) is 2.58. The molecule has 0 spiro atoms. The van der Waals surface area contributed by atoms with Crippen LogP contribution in [0.5, 0.6) is 0 Å². The number of nitrogens with zero attached hydrogens (tertiary/aromatic N) is 2. The number of ether oxygens (including phenoxy) is 1. The van der Waals surface area contributed by atoms with E-state index < -0.39 is 0 Å². The van der Waals surface area contributed by atoms with E-state index in [0.717, 1.165) is 25.6 Å². The van der Waals surface area contributed by atoms with Crippen LogP contribution in [0.25, 0.3) is 0 Å². The summed E-state index contributed by atoms with van der Waals surface area (Å²) < 4.78 is 5.23. The molecule has 1 aliphatic heterocycles. The van der Waals surface area contributed by atoms with Crippen LogP contribution in [0, 0.1) is 0 Å². The second-order valence-electron chi connectivity index (χ2n) is 7.60. The van der Waals surface area contributed by atoms with Crippen LogP contribution in [0.4, 0.5) is 5.69 Å². The fourth-order valence-electron chi connectivity index (χ4n) is 3.73. The zero-order chi connectivity index (χ0) is 20.5. The van der Waals surface area contributed by atoms with E-state index in [1.807, 2.05) is 0 Å². The number of aliphatic imine (C=N–C) groups is 1. The lowest BCUT2D eigenvalue weighted by molar-refractivity contribution is 0.185. The van der Waals surface area contributed by atoms with Crippen molar-refractivity contribution in [3.63, 3.8) is 0 Å². The molecule has 1 saturated heterocycles. The van der Waals surface area contributed by atoms with Gasteiger partial charge in [0.2, 0.25) is 0 Å². The first-order valence-electron chi connectivity index (χ1n) is 10.7. The van der Waals surface area contributed by atoms with Crippen LogP contribution in [-0.4, -0.2) is 32.7 Å². The average Bonchev–Trinajstić information content (AvgIpc) is 3.28. The van der Waals surface area contributed by atoms with Crippen LogP contribution in [0.1, 0.15) is 49.4 Å². The maximum absolute atomic E-state index is 5.23. The number of rotatable bonds is 8. The monoisotopic (exact) mass is 522 g/mol. The van der Waals surface area contributed by atoms with Gasteiger partial charge < -0.3 is 20.3 Å². The molecular formula is C24H35IN4O. The topological polar surface area (TPSA) is 48.9 Å². The van der Waals surface area contributed by atoms with Crippen molar-refractivity contribution < 1.29 is 4.74 Å². The van der Waals surface area contributed by atoms with Gasteiger partial charge in [-0.1, -0.05) is 36.4 Å². The third-order valence-corrected chi connectivity index (χ3v) is 5.26. The predicted octanol–water partition coefficient (Wildman–Crippen LogP) is 4.87. The summed E-state index contributed by atoms with van der Waals surface area (Å²) >= 11 is 0. The highest BCUT2D eigenvalue weighted by Crippen LogP contribution is 2.24. The van der Waals surface area contributed by atoms with Crippen LogP contribution in [0.2, 0.25) is 0 Å². The average molecular weight is 522 g/mol. The van der Waals surface area contributed by atoms with E-state index >= 15 is 0 Å². The maximum atomic E-state index is 5.23. The van der Waals surface area contributed by atoms with Crippen molar-refractivity contribution in [2.24, 2.45) is 4.99 Å². The Bertz CT molecular complexity index is 805. The molecule has 3 rings (SSSR count). The van der Waals surface area contributed by atoms with E-state index in [1.165, 1.54) is 35.2 Å². The smallest absolute Gasteiger partial charge is 0.192 e. The summed E-state index contributed by atoms with van der Waals surface area (Å²) in [5.41, 5.74) is 4.96.